The standard InChI is InChI=1S/C6H6F2OS/c7-6(8)5(9)4-1-2-10-3-4/h1-3,5-6,9H. The van der Waals surface area contributed by atoms with Crippen molar-refractivity contribution < 1.29 is 13.9 Å². The van der Waals surface area contributed by atoms with Crippen molar-refractivity contribution in [3.8, 4) is 0 Å². The van der Waals surface area contributed by atoms with Crippen LogP contribution in [0.3, 0.4) is 0 Å². The Labute approximate surface area is 60.9 Å². The summed E-state index contributed by atoms with van der Waals surface area (Å²) < 4.78 is 23.5. The molecule has 0 aromatic carbocycles. The summed E-state index contributed by atoms with van der Waals surface area (Å²) in [6.07, 6.45) is -4.30. The highest BCUT2D eigenvalue weighted by molar-refractivity contribution is 7.07. The Kier molecular flexibility index (Phi) is 2.34. The van der Waals surface area contributed by atoms with Crippen molar-refractivity contribution in [3.63, 3.8) is 0 Å². The Morgan fingerprint density at radius 3 is 2.60 bits per heavy atom. The lowest BCUT2D eigenvalue weighted by molar-refractivity contribution is -0.00553. The van der Waals surface area contributed by atoms with Crippen molar-refractivity contribution in [1.29, 1.82) is 0 Å². The van der Waals surface area contributed by atoms with Gasteiger partial charge in [-0.05, 0) is 22.4 Å². The minimum absolute atomic E-state index is 0.292. The first kappa shape index (κ1) is 7.63. The molecule has 56 valence electrons. The lowest BCUT2D eigenvalue weighted by Crippen LogP contribution is -2.06. The molecule has 0 bridgehead atoms. The molecule has 1 rings (SSSR count). The molecule has 1 nitrogen and oxygen atoms in total. The van der Waals surface area contributed by atoms with E-state index in [-0.39, 0.29) is 0 Å². The van der Waals surface area contributed by atoms with Gasteiger partial charge < -0.3 is 5.11 Å². The molecule has 1 N–H and O–H groups in total. The zero-order chi connectivity index (χ0) is 7.56. The van der Waals surface area contributed by atoms with E-state index < -0.39 is 12.5 Å². The molecule has 0 spiro atoms. The summed E-state index contributed by atoms with van der Waals surface area (Å²) in [5.41, 5.74) is 0.292. The summed E-state index contributed by atoms with van der Waals surface area (Å²) >= 11 is 1.29. The molecule has 0 aliphatic carbocycles. The van der Waals surface area contributed by atoms with Gasteiger partial charge in [-0.3, -0.25) is 0 Å². The van der Waals surface area contributed by atoms with Gasteiger partial charge >= 0.3 is 0 Å². The average molecular weight is 164 g/mol. The van der Waals surface area contributed by atoms with E-state index in [9.17, 15) is 8.78 Å². The van der Waals surface area contributed by atoms with E-state index in [0.717, 1.165) is 0 Å². The predicted molar refractivity (Wildman–Crippen MR) is 35.3 cm³/mol. The molecule has 0 saturated carbocycles. The maximum Gasteiger partial charge on any atom is 0.268 e. The lowest BCUT2D eigenvalue weighted by Gasteiger charge is -2.05. The van der Waals surface area contributed by atoms with Crippen LogP contribution in [0.4, 0.5) is 8.78 Å². The van der Waals surface area contributed by atoms with E-state index >= 15 is 0 Å². The highest BCUT2D eigenvalue weighted by Crippen LogP contribution is 2.21. The van der Waals surface area contributed by atoms with Crippen molar-refractivity contribution in [3.05, 3.63) is 22.4 Å². The maximum atomic E-state index is 11.7. The second kappa shape index (κ2) is 3.07. The van der Waals surface area contributed by atoms with E-state index in [1.807, 2.05) is 0 Å². The highest BCUT2D eigenvalue weighted by atomic mass is 32.1. The van der Waals surface area contributed by atoms with Crippen LogP contribution in [0.2, 0.25) is 0 Å². The summed E-state index contributed by atoms with van der Waals surface area (Å²) in [5, 5.41) is 11.9. The topological polar surface area (TPSA) is 20.2 Å². The van der Waals surface area contributed by atoms with Crippen molar-refractivity contribution in [2.24, 2.45) is 0 Å². The average Bonchev–Trinajstić information content (AvgIpc) is 2.36. The first-order valence-corrected chi connectivity index (χ1v) is 3.64. The SMILES string of the molecule is OC(c1ccsc1)C(F)F. The van der Waals surface area contributed by atoms with Gasteiger partial charge in [0.25, 0.3) is 6.43 Å². The van der Waals surface area contributed by atoms with Crippen LogP contribution in [-0.2, 0) is 0 Å². The Bertz CT molecular complexity index is 186. The number of aliphatic hydroxyl groups excluding tert-OH is 1. The smallest absolute Gasteiger partial charge is 0.268 e. The van der Waals surface area contributed by atoms with E-state index in [1.54, 1.807) is 5.38 Å². The number of thiophene rings is 1. The van der Waals surface area contributed by atoms with E-state index in [1.165, 1.54) is 22.8 Å². The molecule has 0 fully saturated rings. The van der Waals surface area contributed by atoms with Crippen molar-refractivity contribution in [2.75, 3.05) is 0 Å². The minimum atomic E-state index is -2.69. The van der Waals surface area contributed by atoms with Crippen LogP contribution in [0, 0.1) is 0 Å². The summed E-state index contributed by atoms with van der Waals surface area (Å²) in [6, 6.07) is 1.49. The zero-order valence-corrected chi connectivity index (χ0v) is 5.81. The van der Waals surface area contributed by atoms with Crippen LogP contribution in [0.5, 0.6) is 0 Å². The van der Waals surface area contributed by atoms with Gasteiger partial charge in [-0.2, -0.15) is 11.3 Å². The van der Waals surface area contributed by atoms with E-state index in [2.05, 4.69) is 0 Å². The fourth-order valence-corrected chi connectivity index (χ4v) is 1.28. The molecular formula is C6H6F2OS. The molecule has 1 aromatic rings. The van der Waals surface area contributed by atoms with Crippen LogP contribution >= 0.6 is 11.3 Å². The minimum Gasteiger partial charge on any atom is -0.382 e. The van der Waals surface area contributed by atoms with Crippen LogP contribution in [0.25, 0.3) is 0 Å². The molecule has 0 amide bonds. The second-order valence-electron chi connectivity index (χ2n) is 1.84. The molecule has 1 aromatic heterocycles. The van der Waals surface area contributed by atoms with Crippen LogP contribution in [-0.4, -0.2) is 11.5 Å². The molecule has 1 atom stereocenters. The summed E-state index contributed by atoms with van der Waals surface area (Å²) in [4.78, 5) is 0. The third kappa shape index (κ3) is 1.52. The fourth-order valence-electron chi connectivity index (χ4n) is 0.589. The largest absolute Gasteiger partial charge is 0.382 e. The molecule has 1 heterocycles. The molecular weight excluding hydrogens is 158 g/mol. The number of alkyl halides is 2. The van der Waals surface area contributed by atoms with Crippen LogP contribution in [0.15, 0.2) is 16.8 Å². The number of rotatable bonds is 2. The first-order valence-electron chi connectivity index (χ1n) is 2.70. The van der Waals surface area contributed by atoms with Gasteiger partial charge in [0.1, 0.15) is 6.10 Å². The predicted octanol–water partition coefficient (Wildman–Crippen LogP) is 2.05. The summed E-state index contributed by atoms with van der Waals surface area (Å²) in [7, 11) is 0. The van der Waals surface area contributed by atoms with E-state index in [0.29, 0.717) is 5.56 Å². The van der Waals surface area contributed by atoms with Gasteiger partial charge in [0, 0.05) is 0 Å². The lowest BCUT2D eigenvalue weighted by atomic mass is 10.2. The molecule has 10 heavy (non-hydrogen) atoms. The third-order valence-electron chi connectivity index (χ3n) is 1.12. The molecule has 0 saturated heterocycles. The third-order valence-corrected chi connectivity index (χ3v) is 1.82. The summed E-state index contributed by atoms with van der Waals surface area (Å²) in [6.45, 7) is 0. The second-order valence-corrected chi connectivity index (χ2v) is 2.62. The molecule has 0 aliphatic heterocycles. The molecule has 1 unspecified atom stereocenters. The van der Waals surface area contributed by atoms with Gasteiger partial charge in [-0.25, -0.2) is 8.78 Å². The first-order chi connectivity index (χ1) is 4.72. The van der Waals surface area contributed by atoms with Gasteiger partial charge in [0.15, 0.2) is 0 Å². The van der Waals surface area contributed by atoms with Crippen molar-refractivity contribution >= 4 is 11.3 Å². The van der Waals surface area contributed by atoms with Gasteiger partial charge in [-0.15, -0.1) is 0 Å². The van der Waals surface area contributed by atoms with Crippen LogP contribution < -0.4 is 0 Å². The molecule has 4 heteroatoms. The van der Waals surface area contributed by atoms with Gasteiger partial charge in [-0.1, -0.05) is 0 Å². The monoisotopic (exact) mass is 164 g/mol. The number of hydrogen-bond donors (Lipinski definition) is 1. The van der Waals surface area contributed by atoms with E-state index in [4.69, 9.17) is 5.11 Å². The maximum absolute atomic E-state index is 11.7. The Balaban J connectivity index is 2.68. The quantitative estimate of drug-likeness (QED) is 0.709. The van der Waals surface area contributed by atoms with Gasteiger partial charge in [0.2, 0.25) is 0 Å². The normalized spacial score (nSPS) is 14.0. The highest BCUT2D eigenvalue weighted by Gasteiger charge is 2.18. The number of hydrogen-bond acceptors (Lipinski definition) is 2. The van der Waals surface area contributed by atoms with Gasteiger partial charge in [0.05, 0.1) is 0 Å². The Morgan fingerprint density at radius 2 is 2.20 bits per heavy atom. The number of aliphatic hydroxyl groups is 1. The Morgan fingerprint density at radius 1 is 1.50 bits per heavy atom. The van der Waals surface area contributed by atoms with Crippen molar-refractivity contribution in [2.45, 2.75) is 12.5 Å². The number of halogens is 2. The Hall–Kier alpha value is -0.480. The molecule has 0 radical (unpaired) electrons. The van der Waals surface area contributed by atoms with Crippen LogP contribution in [0.1, 0.15) is 11.7 Å². The zero-order valence-electron chi connectivity index (χ0n) is 5.00. The van der Waals surface area contributed by atoms with Crippen molar-refractivity contribution in [1.82, 2.24) is 0 Å². The molecule has 0 aliphatic rings. The summed E-state index contributed by atoms with van der Waals surface area (Å²) in [5.74, 6) is 0. The fraction of sp³-hybridized carbons (Fsp3) is 0.333.